The first kappa shape index (κ1) is 16.1. The van der Waals surface area contributed by atoms with Gasteiger partial charge in [-0.15, -0.1) is 0 Å². The highest BCUT2D eigenvalue weighted by Gasteiger charge is 2.39. The van der Waals surface area contributed by atoms with Gasteiger partial charge in [-0.05, 0) is 39.5 Å². The zero-order valence-electron chi connectivity index (χ0n) is 12.7. The summed E-state index contributed by atoms with van der Waals surface area (Å²) in [6.45, 7) is 7.18. The molecule has 1 aromatic rings. The molecule has 1 unspecified atom stereocenters. The Morgan fingerprint density at radius 2 is 1.95 bits per heavy atom. The van der Waals surface area contributed by atoms with E-state index in [0.717, 1.165) is 19.4 Å². The van der Waals surface area contributed by atoms with E-state index in [4.69, 9.17) is 0 Å². The number of nitrogens with zero attached hydrogens (tertiary/aromatic N) is 2. The molecule has 19 heavy (non-hydrogen) atoms. The maximum atomic E-state index is 14.1. The summed E-state index contributed by atoms with van der Waals surface area (Å²) < 4.78 is 14.1. The highest BCUT2D eigenvalue weighted by molar-refractivity contribution is 5.22. The molecule has 0 aliphatic carbocycles. The van der Waals surface area contributed by atoms with E-state index in [2.05, 4.69) is 50.1 Å². The fourth-order valence-electron chi connectivity index (χ4n) is 2.96. The van der Waals surface area contributed by atoms with Crippen molar-refractivity contribution in [2.75, 3.05) is 20.6 Å². The van der Waals surface area contributed by atoms with Gasteiger partial charge in [0.05, 0.1) is 12.2 Å². The van der Waals surface area contributed by atoms with Crippen LogP contribution in [0.15, 0.2) is 18.5 Å². The minimum absolute atomic E-state index is 0.0366. The van der Waals surface area contributed by atoms with Gasteiger partial charge >= 0.3 is 0 Å². The fourth-order valence-corrected chi connectivity index (χ4v) is 2.96. The molecule has 1 heterocycles. The molecule has 1 rings (SSSR count). The molecule has 0 aliphatic heterocycles. The number of pyridine rings is 1. The summed E-state index contributed by atoms with van der Waals surface area (Å²) in [5.74, 6) is -0.235. The van der Waals surface area contributed by atoms with Gasteiger partial charge in [-0.3, -0.25) is 4.98 Å². The molecule has 1 atom stereocenters. The van der Waals surface area contributed by atoms with Crippen LogP contribution >= 0.6 is 0 Å². The van der Waals surface area contributed by atoms with Gasteiger partial charge in [0.1, 0.15) is 5.82 Å². The van der Waals surface area contributed by atoms with E-state index in [1.54, 1.807) is 12.3 Å². The summed E-state index contributed by atoms with van der Waals surface area (Å²) >= 11 is 0. The third-order valence-electron chi connectivity index (χ3n) is 4.18. The molecule has 0 amide bonds. The molecule has 4 heteroatoms. The van der Waals surface area contributed by atoms with E-state index in [-0.39, 0.29) is 17.4 Å². The van der Waals surface area contributed by atoms with Crippen LogP contribution in [-0.2, 0) is 0 Å². The zero-order valence-corrected chi connectivity index (χ0v) is 12.7. The third-order valence-corrected chi connectivity index (χ3v) is 4.18. The van der Waals surface area contributed by atoms with Gasteiger partial charge in [0.2, 0.25) is 0 Å². The molecule has 1 N–H and O–H groups in total. The molecule has 0 saturated heterocycles. The second-order valence-corrected chi connectivity index (χ2v) is 5.09. The largest absolute Gasteiger partial charge is 0.309 e. The van der Waals surface area contributed by atoms with Gasteiger partial charge in [0, 0.05) is 17.3 Å². The number of aromatic nitrogens is 1. The van der Waals surface area contributed by atoms with Crippen LogP contribution in [0.4, 0.5) is 4.39 Å². The summed E-state index contributed by atoms with van der Waals surface area (Å²) in [6.07, 6.45) is 4.87. The van der Waals surface area contributed by atoms with E-state index >= 15 is 0 Å². The van der Waals surface area contributed by atoms with Crippen molar-refractivity contribution in [3.63, 3.8) is 0 Å². The second-order valence-electron chi connectivity index (χ2n) is 5.09. The molecule has 0 aromatic carbocycles. The Hall–Kier alpha value is -1.00. The third kappa shape index (κ3) is 3.12. The topological polar surface area (TPSA) is 28.2 Å². The van der Waals surface area contributed by atoms with Crippen molar-refractivity contribution in [3.8, 4) is 0 Å². The lowest BCUT2D eigenvalue weighted by atomic mass is 9.79. The van der Waals surface area contributed by atoms with Crippen LogP contribution in [0.25, 0.3) is 0 Å². The standard InChI is InChI=1S/C15H26FN3/c1-6-15(7-2,19(4)5)14(18-8-3)12-9-10-17-11-13(12)16/h9-11,14,18H,6-8H2,1-5H3. The minimum Gasteiger partial charge on any atom is -0.309 e. The van der Waals surface area contributed by atoms with Gasteiger partial charge in [0.15, 0.2) is 0 Å². The monoisotopic (exact) mass is 267 g/mol. The Labute approximate surface area is 116 Å². The molecule has 0 fully saturated rings. The number of hydrogen-bond acceptors (Lipinski definition) is 3. The molecule has 0 radical (unpaired) electrons. The first-order valence-corrected chi connectivity index (χ1v) is 7.03. The molecular weight excluding hydrogens is 241 g/mol. The number of likely N-dealkylation sites (N-methyl/N-ethyl adjacent to an activating group) is 2. The first-order chi connectivity index (χ1) is 9.03. The Bertz CT molecular complexity index is 389. The van der Waals surface area contributed by atoms with E-state index in [1.165, 1.54) is 6.20 Å². The summed E-state index contributed by atoms with van der Waals surface area (Å²) in [5, 5.41) is 3.45. The van der Waals surface area contributed by atoms with E-state index in [1.807, 2.05) is 0 Å². The Balaban J connectivity index is 3.29. The smallest absolute Gasteiger partial charge is 0.146 e. The molecule has 1 aromatic heterocycles. The Morgan fingerprint density at radius 3 is 2.37 bits per heavy atom. The van der Waals surface area contributed by atoms with Crippen molar-refractivity contribution in [3.05, 3.63) is 29.8 Å². The average molecular weight is 267 g/mol. The fraction of sp³-hybridized carbons (Fsp3) is 0.667. The molecule has 108 valence electrons. The number of halogens is 1. The molecule has 0 saturated carbocycles. The average Bonchev–Trinajstić information content (AvgIpc) is 2.40. The maximum absolute atomic E-state index is 14.1. The van der Waals surface area contributed by atoms with Crippen LogP contribution in [-0.4, -0.2) is 36.1 Å². The Kier molecular flexibility index (Phi) is 5.88. The van der Waals surface area contributed by atoms with Crippen LogP contribution in [0, 0.1) is 5.82 Å². The molecule has 0 spiro atoms. The molecule has 3 nitrogen and oxygen atoms in total. The highest BCUT2D eigenvalue weighted by atomic mass is 19.1. The predicted octanol–water partition coefficient (Wildman–Crippen LogP) is 2.99. The van der Waals surface area contributed by atoms with Crippen molar-refractivity contribution >= 4 is 0 Å². The number of nitrogens with one attached hydrogen (secondary N) is 1. The SMILES string of the molecule is CCNC(c1ccncc1F)C(CC)(CC)N(C)C. The van der Waals surface area contributed by atoms with E-state index in [9.17, 15) is 4.39 Å². The molecule has 0 aliphatic rings. The van der Waals surface area contributed by atoms with Gasteiger partial charge < -0.3 is 10.2 Å². The van der Waals surface area contributed by atoms with Crippen LogP contribution < -0.4 is 5.32 Å². The van der Waals surface area contributed by atoms with Crippen molar-refractivity contribution in [2.45, 2.75) is 45.2 Å². The van der Waals surface area contributed by atoms with Crippen LogP contribution in [0.5, 0.6) is 0 Å². The minimum atomic E-state index is -0.235. The van der Waals surface area contributed by atoms with Gasteiger partial charge in [-0.25, -0.2) is 4.39 Å². The molecular formula is C15H26FN3. The van der Waals surface area contributed by atoms with E-state index in [0.29, 0.717) is 5.56 Å². The molecule has 0 bridgehead atoms. The van der Waals surface area contributed by atoms with Crippen molar-refractivity contribution < 1.29 is 4.39 Å². The lowest BCUT2D eigenvalue weighted by Crippen LogP contribution is -2.53. The lowest BCUT2D eigenvalue weighted by Gasteiger charge is -2.45. The van der Waals surface area contributed by atoms with Crippen LogP contribution in [0.2, 0.25) is 0 Å². The predicted molar refractivity (Wildman–Crippen MR) is 77.6 cm³/mol. The van der Waals surface area contributed by atoms with Gasteiger partial charge in [-0.2, -0.15) is 0 Å². The Morgan fingerprint density at radius 1 is 1.32 bits per heavy atom. The van der Waals surface area contributed by atoms with Crippen molar-refractivity contribution in [2.24, 2.45) is 0 Å². The number of rotatable bonds is 7. The summed E-state index contributed by atoms with van der Waals surface area (Å²) in [7, 11) is 4.13. The van der Waals surface area contributed by atoms with Gasteiger partial charge in [-0.1, -0.05) is 20.8 Å². The number of hydrogen-bond donors (Lipinski definition) is 1. The van der Waals surface area contributed by atoms with Crippen molar-refractivity contribution in [1.82, 2.24) is 15.2 Å². The van der Waals surface area contributed by atoms with Crippen LogP contribution in [0.1, 0.15) is 45.2 Å². The summed E-state index contributed by atoms with van der Waals surface area (Å²) in [4.78, 5) is 6.06. The second kappa shape index (κ2) is 6.96. The zero-order chi connectivity index (χ0) is 14.5. The van der Waals surface area contributed by atoms with Crippen molar-refractivity contribution in [1.29, 1.82) is 0 Å². The van der Waals surface area contributed by atoms with E-state index < -0.39 is 0 Å². The summed E-state index contributed by atoms with van der Waals surface area (Å²) in [6, 6.07) is 1.75. The summed E-state index contributed by atoms with van der Waals surface area (Å²) in [5.41, 5.74) is 0.604. The van der Waals surface area contributed by atoms with Gasteiger partial charge in [0.25, 0.3) is 0 Å². The maximum Gasteiger partial charge on any atom is 0.146 e. The first-order valence-electron chi connectivity index (χ1n) is 7.03. The quantitative estimate of drug-likeness (QED) is 0.823. The van der Waals surface area contributed by atoms with Crippen LogP contribution in [0.3, 0.4) is 0 Å². The normalized spacial score (nSPS) is 13.8. The lowest BCUT2D eigenvalue weighted by molar-refractivity contribution is 0.0871. The highest BCUT2D eigenvalue weighted by Crippen LogP contribution is 2.36.